The molecule has 0 bridgehead atoms. The maximum absolute atomic E-state index is 12.1. The number of halogens is 1. The van der Waals surface area contributed by atoms with Gasteiger partial charge >= 0.3 is 0 Å². The van der Waals surface area contributed by atoms with Crippen molar-refractivity contribution in [3.05, 3.63) is 38.3 Å². The van der Waals surface area contributed by atoms with Crippen molar-refractivity contribution in [3.8, 4) is 0 Å². The van der Waals surface area contributed by atoms with E-state index in [2.05, 4.69) is 15.9 Å². The van der Waals surface area contributed by atoms with E-state index in [1.165, 1.54) is 17.0 Å². The minimum absolute atomic E-state index is 0.0429. The van der Waals surface area contributed by atoms with Gasteiger partial charge in [-0.2, -0.15) is 0 Å². The van der Waals surface area contributed by atoms with E-state index in [0.717, 1.165) is 0 Å². The molecule has 1 rings (SSSR count). The molecule has 0 saturated heterocycles. The van der Waals surface area contributed by atoms with Crippen LogP contribution in [-0.4, -0.2) is 40.5 Å². The molecule has 1 aromatic rings. The van der Waals surface area contributed by atoms with E-state index in [1.807, 2.05) is 0 Å². The fourth-order valence-corrected chi connectivity index (χ4v) is 1.87. The maximum atomic E-state index is 12.1. The van der Waals surface area contributed by atoms with Crippen molar-refractivity contribution < 1.29 is 14.8 Å². The Morgan fingerprint density at radius 1 is 1.58 bits per heavy atom. The SMILES string of the molecule is CC(O)CCN(C)C(=O)c1ccc(Br)cc1[N+](=O)[O-]. The fraction of sp³-hybridized carbons (Fsp3) is 0.417. The van der Waals surface area contributed by atoms with Gasteiger partial charge in [-0.25, -0.2) is 0 Å². The Morgan fingerprint density at radius 3 is 2.74 bits per heavy atom. The molecule has 0 fully saturated rings. The number of nitro groups is 1. The van der Waals surface area contributed by atoms with Crippen molar-refractivity contribution in [2.45, 2.75) is 19.4 Å². The van der Waals surface area contributed by atoms with E-state index in [-0.39, 0.29) is 11.3 Å². The van der Waals surface area contributed by atoms with E-state index in [9.17, 15) is 20.0 Å². The molecule has 1 N–H and O–H groups in total. The highest BCUT2D eigenvalue weighted by atomic mass is 79.9. The van der Waals surface area contributed by atoms with Crippen molar-refractivity contribution in [3.63, 3.8) is 0 Å². The second-order valence-corrected chi connectivity index (χ2v) is 5.20. The molecule has 0 heterocycles. The van der Waals surface area contributed by atoms with E-state index in [0.29, 0.717) is 17.4 Å². The van der Waals surface area contributed by atoms with Gasteiger partial charge in [0.25, 0.3) is 11.6 Å². The number of nitrogens with zero attached hydrogens (tertiary/aromatic N) is 2. The number of benzene rings is 1. The summed E-state index contributed by atoms with van der Waals surface area (Å²) in [5, 5.41) is 20.1. The Hall–Kier alpha value is -1.47. The molecule has 1 unspecified atom stereocenters. The molecular weight excluding hydrogens is 316 g/mol. The highest BCUT2D eigenvalue weighted by Gasteiger charge is 2.23. The van der Waals surface area contributed by atoms with E-state index in [1.54, 1.807) is 20.0 Å². The van der Waals surface area contributed by atoms with Gasteiger partial charge in [0.1, 0.15) is 5.56 Å². The van der Waals surface area contributed by atoms with Crippen LogP contribution in [0.1, 0.15) is 23.7 Å². The first-order valence-electron chi connectivity index (χ1n) is 5.70. The Morgan fingerprint density at radius 2 is 2.21 bits per heavy atom. The Balaban J connectivity index is 2.96. The lowest BCUT2D eigenvalue weighted by molar-refractivity contribution is -0.385. The van der Waals surface area contributed by atoms with E-state index in [4.69, 9.17) is 0 Å². The van der Waals surface area contributed by atoms with Gasteiger partial charge in [-0.05, 0) is 25.5 Å². The molecule has 0 aromatic heterocycles. The van der Waals surface area contributed by atoms with Crippen LogP contribution in [0.15, 0.2) is 22.7 Å². The highest BCUT2D eigenvalue weighted by Crippen LogP contribution is 2.24. The van der Waals surface area contributed by atoms with Crippen LogP contribution in [-0.2, 0) is 0 Å². The fourth-order valence-electron chi connectivity index (χ4n) is 1.52. The van der Waals surface area contributed by atoms with Crippen molar-refractivity contribution in [2.24, 2.45) is 0 Å². The number of carbonyl (C=O) groups is 1. The molecule has 1 aromatic carbocycles. The van der Waals surface area contributed by atoms with Gasteiger partial charge in [0.2, 0.25) is 0 Å². The number of hydrogen-bond acceptors (Lipinski definition) is 4. The van der Waals surface area contributed by atoms with Crippen molar-refractivity contribution in [2.75, 3.05) is 13.6 Å². The molecule has 104 valence electrons. The zero-order chi connectivity index (χ0) is 14.6. The number of hydrogen-bond donors (Lipinski definition) is 1. The average Bonchev–Trinajstić information content (AvgIpc) is 2.34. The number of nitro benzene ring substituents is 1. The summed E-state index contributed by atoms with van der Waals surface area (Å²) in [5.41, 5.74) is -0.190. The molecule has 1 atom stereocenters. The summed E-state index contributed by atoms with van der Waals surface area (Å²) in [7, 11) is 1.55. The minimum atomic E-state index is -0.583. The van der Waals surface area contributed by atoms with Gasteiger partial charge < -0.3 is 10.0 Å². The monoisotopic (exact) mass is 330 g/mol. The smallest absolute Gasteiger partial charge is 0.283 e. The molecule has 1 amide bonds. The summed E-state index contributed by atoms with van der Waals surface area (Å²) in [4.78, 5) is 23.8. The van der Waals surface area contributed by atoms with Gasteiger partial charge in [-0.3, -0.25) is 14.9 Å². The lowest BCUT2D eigenvalue weighted by Crippen LogP contribution is -2.29. The zero-order valence-electron chi connectivity index (χ0n) is 10.7. The second kappa shape index (κ2) is 6.63. The highest BCUT2D eigenvalue weighted by molar-refractivity contribution is 9.10. The summed E-state index contributed by atoms with van der Waals surface area (Å²) in [6.07, 6.45) is -0.0952. The van der Waals surface area contributed by atoms with Crippen molar-refractivity contribution >= 4 is 27.5 Å². The molecule has 6 nitrogen and oxygen atoms in total. The lowest BCUT2D eigenvalue weighted by atomic mass is 10.1. The number of rotatable bonds is 5. The van der Waals surface area contributed by atoms with Crippen LogP contribution >= 0.6 is 15.9 Å². The van der Waals surface area contributed by atoms with E-state index >= 15 is 0 Å². The second-order valence-electron chi connectivity index (χ2n) is 4.28. The third kappa shape index (κ3) is 4.29. The Labute approximate surface area is 119 Å². The molecular formula is C12H15BrN2O4. The number of carbonyl (C=O) groups excluding carboxylic acids is 1. The van der Waals surface area contributed by atoms with Crippen LogP contribution in [0, 0.1) is 10.1 Å². The lowest BCUT2D eigenvalue weighted by Gasteiger charge is -2.18. The van der Waals surface area contributed by atoms with Crippen LogP contribution in [0.4, 0.5) is 5.69 Å². The van der Waals surface area contributed by atoms with Gasteiger partial charge in [-0.1, -0.05) is 15.9 Å². The van der Waals surface area contributed by atoms with Crippen LogP contribution in [0.3, 0.4) is 0 Å². The Bertz CT molecular complexity index is 491. The summed E-state index contributed by atoms with van der Waals surface area (Å²) >= 11 is 3.14. The van der Waals surface area contributed by atoms with Crippen LogP contribution < -0.4 is 0 Å². The number of aliphatic hydroxyl groups is 1. The van der Waals surface area contributed by atoms with Gasteiger partial charge in [0.05, 0.1) is 11.0 Å². The van der Waals surface area contributed by atoms with Gasteiger partial charge in [-0.15, -0.1) is 0 Å². The molecule has 0 spiro atoms. The summed E-state index contributed by atoms with van der Waals surface area (Å²) in [6, 6.07) is 4.31. The summed E-state index contributed by atoms with van der Waals surface area (Å²) in [5.74, 6) is -0.431. The minimum Gasteiger partial charge on any atom is -0.393 e. The van der Waals surface area contributed by atoms with Crippen molar-refractivity contribution in [1.82, 2.24) is 4.90 Å². The molecule has 19 heavy (non-hydrogen) atoms. The van der Waals surface area contributed by atoms with E-state index < -0.39 is 16.9 Å². The third-order valence-corrected chi connectivity index (χ3v) is 3.11. The third-order valence-electron chi connectivity index (χ3n) is 2.62. The Kier molecular flexibility index (Phi) is 5.44. The van der Waals surface area contributed by atoms with Gasteiger partial charge in [0.15, 0.2) is 0 Å². The summed E-state index contributed by atoms with van der Waals surface area (Å²) < 4.78 is 0.544. The number of amides is 1. The largest absolute Gasteiger partial charge is 0.393 e. The predicted molar refractivity (Wildman–Crippen MR) is 74.1 cm³/mol. The normalized spacial score (nSPS) is 12.0. The first-order chi connectivity index (χ1) is 8.82. The number of aliphatic hydroxyl groups excluding tert-OH is 1. The van der Waals surface area contributed by atoms with Crippen LogP contribution in [0.2, 0.25) is 0 Å². The molecule has 0 aliphatic carbocycles. The summed E-state index contributed by atoms with van der Waals surface area (Å²) in [6.45, 7) is 1.96. The standard InChI is InChI=1S/C12H15BrN2O4/c1-8(16)5-6-14(2)12(17)10-4-3-9(13)7-11(10)15(18)19/h3-4,7-8,16H,5-6H2,1-2H3. The van der Waals surface area contributed by atoms with Crippen LogP contribution in [0.5, 0.6) is 0 Å². The topological polar surface area (TPSA) is 83.7 Å². The molecule has 7 heteroatoms. The van der Waals surface area contributed by atoms with Crippen molar-refractivity contribution in [1.29, 1.82) is 0 Å². The maximum Gasteiger partial charge on any atom is 0.283 e. The molecule has 0 aliphatic heterocycles. The molecule has 0 saturated carbocycles. The average molecular weight is 331 g/mol. The van der Waals surface area contributed by atoms with Crippen LogP contribution in [0.25, 0.3) is 0 Å². The first-order valence-corrected chi connectivity index (χ1v) is 6.49. The molecule has 0 aliphatic rings. The predicted octanol–water partition coefficient (Wildman–Crippen LogP) is 2.20. The zero-order valence-corrected chi connectivity index (χ0v) is 12.3. The quantitative estimate of drug-likeness (QED) is 0.662. The van der Waals surface area contributed by atoms with Gasteiger partial charge in [0, 0.05) is 24.1 Å². The first kappa shape index (κ1) is 15.6. The molecule has 0 radical (unpaired) electrons.